The molecule has 10 atom stereocenters. The molecule has 1 spiro atoms. The van der Waals surface area contributed by atoms with Crippen molar-refractivity contribution < 1.29 is 71.9 Å². The molecule has 0 radical (unpaired) electrons. The molecule has 4 rings (SSSR count). The van der Waals surface area contributed by atoms with Crippen LogP contribution >= 0.6 is 0 Å². The van der Waals surface area contributed by atoms with Crippen molar-refractivity contribution in [3.63, 3.8) is 0 Å². The number of rotatable bonds is 29. The van der Waals surface area contributed by atoms with Crippen LogP contribution in [-0.2, 0) is 63.9 Å². The van der Waals surface area contributed by atoms with Gasteiger partial charge >= 0.3 is 18.1 Å². The quantitative estimate of drug-likeness (QED) is 0.0138. The van der Waals surface area contributed by atoms with Crippen LogP contribution in [0, 0.1) is 11.8 Å². The molecule has 8 amide bonds. The van der Waals surface area contributed by atoms with Gasteiger partial charge in [-0.1, -0.05) is 63.1 Å². The van der Waals surface area contributed by atoms with Gasteiger partial charge in [0.05, 0.1) is 55.8 Å². The standard InChI is InChI=1S/C54H83N9O13.C2H4O2/c1-33(2)49(62-46(65)13-9-8-10-24-55)51(69)63(44(50(56)68)12-11-25-58-52(57)70)40-19-17-39(18-20-40)30-72-53(71)60-32-59-48(67)27-42-29-54(31-73-54)28-41(76-42)21-14-34(3)15-22-45-35(4)26-43(37(6)75-45)61-47(66)23-16-36(5)74-38(7)64;1-2(3)4/h14-21,23,33,35-37,41-45,49H,8-13,22,24-32,55H2,1-7H3,(H2,56,68)(H,59,67)(H,60,71)(H,61,66)(H,62,65)(H3,57,58,70);1H3,(H,3,4)/b21-14+,23-16-,34-15+;/t35-,36-,37+,41+,42+,43+,44-,45-,49-,54+;/m0./s1. The second-order valence-electron chi connectivity index (χ2n) is 21.0. The monoisotopic (exact) mass is 1130 g/mol. The van der Waals surface area contributed by atoms with Gasteiger partial charge in [0.15, 0.2) is 0 Å². The number of carboxylic acid groups (broad SMARTS) is 1. The molecule has 0 aromatic heterocycles. The lowest BCUT2D eigenvalue weighted by atomic mass is 9.88. The number of epoxide rings is 1. The number of hydrogen-bond donors (Lipinski definition) is 9. The molecule has 3 aliphatic rings. The normalized spacial score (nSPS) is 22.6. The molecule has 12 N–H and O–H groups in total. The minimum Gasteiger partial charge on any atom is -0.481 e. The van der Waals surface area contributed by atoms with E-state index in [9.17, 15) is 38.4 Å². The Balaban J connectivity index is 0.00000406. The summed E-state index contributed by atoms with van der Waals surface area (Å²) in [6, 6.07) is 3.34. The number of urea groups is 1. The molecule has 0 unspecified atom stereocenters. The van der Waals surface area contributed by atoms with E-state index in [4.69, 9.17) is 50.8 Å². The Kier molecular flexibility index (Phi) is 28.9. The highest BCUT2D eigenvalue weighted by atomic mass is 16.6. The number of carbonyl (C=O) groups excluding carboxylic acids is 8. The molecule has 3 fully saturated rings. The summed E-state index contributed by atoms with van der Waals surface area (Å²) in [5, 5.41) is 20.9. The van der Waals surface area contributed by atoms with Gasteiger partial charge in [0.2, 0.25) is 23.6 Å². The maximum atomic E-state index is 14.3. The van der Waals surface area contributed by atoms with Gasteiger partial charge in [-0.05, 0) is 101 Å². The first kappa shape index (κ1) is 67.4. The fourth-order valence-electron chi connectivity index (χ4n) is 9.21. The molecule has 3 saturated heterocycles. The third kappa shape index (κ3) is 25.5. The summed E-state index contributed by atoms with van der Waals surface area (Å²) in [4.78, 5) is 111. The number of anilines is 1. The predicted octanol–water partition coefficient (Wildman–Crippen LogP) is 3.78. The first-order valence-corrected chi connectivity index (χ1v) is 27.4. The number of primary amides is 2. The summed E-state index contributed by atoms with van der Waals surface area (Å²) in [5.74, 6) is -3.70. The molecular formula is C56H87N9O15. The van der Waals surface area contributed by atoms with Crippen LogP contribution in [0.1, 0.15) is 132 Å². The Morgan fingerprint density at radius 2 is 1.57 bits per heavy atom. The van der Waals surface area contributed by atoms with Crippen molar-refractivity contribution in [3.8, 4) is 0 Å². The number of nitrogens with zero attached hydrogens (tertiary/aromatic N) is 1. The number of esters is 1. The van der Waals surface area contributed by atoms with Crippen LogP contribution in [-0.4, -0.2) is 139 Å². The lowest BCUT2D eigenvalue weighted by molar-refractivity contribution is -0.143. The molecule has 24 nitrogen and oxygen atoms in total. The molecular weight excluding hydrogens is 1040 g/mol. The highest BCUT2D eigenvalue weighted by molar-refractivity contribution is 6.04. The zero-order valence-corrected chi connectivity index (χ0v) is 47.6. The van der Waals surface area contributed by atoms with Crippen LogP contribution in [0.5, 0.6) is 0 Å². The van der Waals surface area contributed by atoms with Crippen molar-refractivity contribution in [2.45, 2.75) is 187 Å². The van der Waals surface area contributed by atoms with E-state index in [0.29, 0.717) is 50.1 Å². The van der Waals surface area contributed by atoms with Crippen LogP contribution in [0.2, 0.25) is 0 Å². The first-order chi connectivity index (χ1) is 37.8. The third-order valence-corrected chi connectivity index (χ3v) is 13.5. The van der Waals surface area contributed by atoms with E-state index < -0.39 is 60.2 Å². The number of ether oxygens (including phenoxy) is 5. The Hall–Kier alpha value is -6.89. The smallest absolute Gasteiger partial charge is 0.408 e. The summed E-state index contributed by atoms with van der Waals surface area (Å²) < 4.78 is 28.9. The average molecular weight is 1130 g/mol. The predicted molar refractivity (Wildman–Crippen MR) is 297 cm³/mol. The van der Waals surface area contributed by atoms with Crippen molar-refractivity contribution in [2.75, 3.05) is 31.3 Å². The van der Waals surface area contributed by atoms with E-state index in [0.717, 1.165) is 31.8 Å². The van der Waals surface area contributed by atoms with Crippen LogP contribution in [0.25, 0.3) is 0 Å². The largest absolute Gasteiger partial charge is 0.481 e. The molecule has 3 aliphatic heterocycles. The van der Waals surface area contributed by atoms with E-state index in [1.165, 1.54) is 24.0 Å². The van der Waals surface area contributed by atoms with E-state index in [-0.39, 0.29) is 105 Å². The Morgan fingerprint density at radius 3 is 2.19 bits per heavy atom. The van der Waals surface area contributed by atoms with Gasteiger partial charge in [-0.15, -0.1) is 0 Å². The van der Waals surface area contributed by atoms with E-state index in [1.54, 1.807) is 45.0 Å². The number of alkyl carbamates (subject to hydrolysis) is 1. The highest BCUT2D eigenvalue weighted by Crippen LogP contribution is 2.43. The number of unbranched alkanes of at least 4 members (excludes halogenated alkanes) is 2. The number of carboxylic acids is 1. The molecule has 1 aromatic rings. The first-order valence-electron chi connectivity index (χ1n) is 27.4. The van der Waals surface area contributed by atoms with Crippen LogP contribution in [0.15, 0.2) is 60.2 Å². The van der Waals surface area contributed by atoms with Gasteiger partial charge in [0.1, 0.15) is 24.8 Å². The topological polar surface area (TPSA) is 365 Å². The SMILES string of the molecule is CC(=O)O.CC(=O)O[C@@H](C)/C=C\C(=O)N[C@@H]1C[C@H](C)[C@H](C/C=C(C)/C=C/[C@@H]2C[C@]3(CO3)C[C@@H](CC(=O)NCNC(=O)OCc3ccc(N(C(=O)[C@@H](NC(=O)CCCCCN)C(C)C)[C@@H](CCCNC(N)=O)C(N)=O)cc3)O2)O[C@@H]1C. The lowest BCUT2D eigenvalue weighted by Crippen LogP contribution is -2.57. The summed E-state index contributed by atoms with van der Waals surface area (Å²) in [7, 11) is 0. The second kappa shape index (κ2) is 34.3. The van der Waals surface area contributed by atoms with Gasteiger partial charge in [-0.25, -0.2) is 9.59 Å². The highest BCUT2D eigenvalue weighted by Gasteiger charge is 2.51. The van der Waals surface area contributed by atoms with Crippen LogP contribution in [0.4, 0.5) is 15.3 Å². The third-order valence-electron chi connectivity index (χ3n) is 13.5. The van der Waals surface area contributed by atoms with E-state index in [2.05, 4.69) is 39.6 Å². The molecule has 446 valence electrons. The lowest BCUT2D eigenvalue weighted by Gasteiger charge is -2.39. The number of benzene rings is 1. The number of aliphatic carboxylic acids is 1. The number of hydrogen-bond acceptors (Lipinski definition) is 15. The second-order valence-corrected chi connectivity index (χ2v) is 21.0. The Morgan fingerprint density at radius 1 is 0.887 bits per heavy atom. The Bertz CT molecular complexity index is 2320. The van der Waals surface area contributed by atoms with Gasteiger partial charge in [-0.2, -0.15) is 0 Å². The molecule has 0 saturated carbocycles. The summed E-state index contributed by atoms with van der Waals surface area (Å²) in [6.07, 6.45) is 12.1. The van der Waals surface area contributed by atoms with Gasteiger partial charge < -0.3 is 72.6 Å². The van der Waals surface area contributed by atoms with Gasteiger partial charge in [0.25, 0.3) is 11.9 Å². The van der Waals surface area contributed by atoms with Crippen LogP contribution < -0.4 is 48.7 Å². The molecule has 80 heavy (non-hydrogen) atoms. The number of allylic oxidation sites excluding steroid dienone is 2. The minimum absolute atomic E-state index is 0.0366. The van der Waals surface area contributed by atoms with Crippen molar-refractivity contribution in [3.05, 3.63) is 65.8 Å². The zero-order valence-electron chi connectivity index (χ0n) is 47.6. The van der Waals surface area contributed by atoms with Crippen molar-refractivity contribution in [1.82, 2.24) is 26.6 Å². The van der Waals surface area contributed by atoms with Crippen molar-refractivity contribution in [1.29, 1.82) is 0 Å². The molecule has 0 bridgehead atoms. The van der Waals surface area contributed by atoms with Gasteiger partial charge in [-0.3, -0.25) is 38.5 Å². The minimum atomic E-state index is -1.15. The summed E-state index contributed by atoms with van der Waals surface area (Å²) in [5.41, 5.74) is 18.2. The maximum absolute atomic E-state index is 14.3. The fourth-order valence-corrected chi connectivity index (χ4v) is 9.21. The van der Waals surface area contributed by atoms with E-state index >= 15 is 0 Å². The van der Waals surface area contributed by atoms with E-state index in [1.807, 2.05) is 26.0 Å². The molecule has 1 aromatic carbocycles. The number of nitrogens with one attached hydrogen (secondary N) is 5. The zero-order chi connectivity index (χ0) is 59.5. The maximum Gasteiger partial charge on any atom is 0.408 e. The number of carbonyl (C=O) groups is 9. The summed E-state index contributed by atoms with van der Waals surface area (Å²) >= 11 is 0. The Labute approximate surface area is 469 Å². The van der Waals surface area contributed by atoms with Gasteiger partial charge in [0, 0.05) is 51.4 Å². The molecule has 3 heterocycles. The fraction of sp³-hybridized carbons (Fsp3) is 0.625. The summed E-state index contributed by atoms with van der Waals surface area (Å²) in [6.45, 7) is 14.6. The van der Waals surface area contributed by atoms with Crippen LogP contribution in [0.3, 0.4) is 0 Å². The van der Waals surface area contributed by atoms with Crippen molar-refractivity contribution in [2.24, 2.45) is 29.0 Å². The van der Waals surface area contributed by atoms with Crippen molar-refractivity contribution >= 4 is 59.3 Å². The average Bonchev–Trinajstić information content (AvgIpc) is 4.14. The number of nitrogens with two attached hydrogens (primary N) is 3. The molecule has 24 heteroatoms. The number of amides is 8. The molecule has 0 aliphatic carbocycles.